The van der Waals surface area contributed by atoms with Crippen LogP contribution in [0.1, 0.15) is 19.2 Å². The third kappa shape index (κ3) is 3.50. The summed E-state index contributed by atoms with van der Waals surface area (Å²) in [6.45, 7) is 5.11. The van der Waals surface area contributed by atoms with Gasteiger partial charge in [0.15, 0.2) is 0 Å². The first-order chi connectivity index (χ1) is 10.8. The van der Waals surface area contributed by atoms with E-state index in [-0.39, 0.29) is 6.03 Å². The molecule has 3 rings (SSSR count). The molecule has 2 amide bonds. The van der Waals surface area contributed by atoms with E-state index in [4.69, 9.17) is 0 Å². The average Bonchev–Trinajstić information content (AvgIpc) is 3.14. The van der Waals surface area contributed by atoms with E-state index in [1.54, 1.807) is 6.20 Å². The molecule has 118 valence electrons. The van der Waals surface area contributed by atoms with Gasteiger partial charge in [-0.3, -0.25) is 5.32 Å². The van der Waals surface area contributed by atoms with Gasteiger partial charge in [0.2, 0.25) is 5.13 Å². The molecule has 2 aromatic heterocycles. The second kappa shape index (κ2) is 6.97. The Kier molecular flexibility index (Phi) is 4.78. The average molecular weight is 339 g/mol. The molecule has 0 saturated carbocycles. The number of carbonyl (C=O) groups excluding carboxylic acids is 1. The quantitative estimate of drug-likeness (QED) is 0.916. The third-order valence-electron chi connectivity index (χ3n) is 3.42. The highest BCUT2D eigenvalue weighted by atomic mass is 32.1. The predicted molar refractivity (Wildman–Crippen MR) is 86.6 cm³/mol. The molecule has 3 heterocycles. The number of nitrogens with one attached hydrogen (secondary N) is 1. The lowest BCUT2D eigenvalue weighted by molar-refractivity contribution is 0.215. The molecular weight excluding hydrogens is 322 g/mol. The van der Waals surface area contributed by atoms with E-state index in [1.165, 1.54) is 23.1 Å². The molecule has 0 radical (unpaired) electrons. The topological polar surface area (TPSA) is 87.1 Å². The Morgan fingerprint density at radius 2 is 2.23 bits per heavy atom. The Hall–Kier alpha value is -1.81. The third-order valence-corrected chi connectivity index (χ3v) is 4.81. The van der Waals surface area contributed by atoms with Gasteiger partial charge in [0.05, 0.1) is 6.20 Å². The van der Waals surface area contributed by atoms with Gasteiger partial charge in [-0.05, 0) is 6.42 Å². The van der Waals surface area contributed by atoms with E-state index in [1.807, 2.05) is 4.90 Å². The number of anilines is 2. The van der Waals surface area contributed by atoms with Gasteiger partial charge < -0.3 is 9.80 Å². The molecule has 0 unspecified atom stereocenters. The number of rotatable bonds is 3. The second-order valence-corrected chi connectivity index (χ2v) is 6.40. The van der Waals surface area contributed by atoms with Crippen molar-refractivity contribution in [2.24, 2.45) is 0 Å². The van der Waals surface area contributed by atoms with Gasteiger partial charge in [0, 0.05) is 55.7 Å². The van der Waals surface area contributed by atoms with Gasteiger partial charge in [-0.15, -0.1) is 5.10 Å². The van der Waals surface area contributed by atoms with E-state index >= 15 is 0 Å². The van der Waals surface area contributed by atoms with Crippen molar-refractivity contribution in [3.8, 4) is 0 Å². The molecule has 2 aromatic rings. The number of hydrogen-bond acceptors (Lipinski definition) is 8. The smallest absolute Gasteiger partial charge is 0.322 e. The molecule has 0 aromatic carbocycles. The van der Waals surface area contributed by atoms with Crippen molar-refractivity contribution in [1.82, 2.24) is 23.8 Å². The summed E-state index contributed by atoms with van der Waals surface area (Å²) in [6, 6.07) is -0.0978. The highest BCUT2D eigenvalue weighted by molar-refractivity contribution is 7.10. The second-order valence-electron chi connectivity index (χ2n) is 4.89. The maximum atomic E-state index is 12.2. The normalized spacial score (nSPS) is 15.7. The van der Waals surface area contributed by atoms with Crippen LogP contribution in [0.5, 0.6) is 0 Å². The first kappa shape index (κ1) is 15.1. The summed E-state index contributed by atoms with van der Waals surface area (Å²) in [5.41, 5.74) is 0. The van der Waals surface area contributed by atoms with Crippen LogP contribution < -0.4 is 10.2 Å². The van der Waals surface area contributed by atoms with Crippen LogP contribution in [0.2, 0.25) is 0 Å². The van der Waals surface area contributed by atoms with Gasteiger partial charge >= 0.3 is 6.03 Å². The first-order valence-electron chi connectivity index (χ1n) is 7.17. The molecule has 0 atom stereocenters. The number of aryl methyl sites for hydroxylation is 1. The molecule has 0 bridgehead atoms. The lowest BCUT2D eigenvalue weighted by Gasteiger charge is -2.21. The van der Waals surface area contributed by atoms with Crippen LogP contribution in [0.3, 0.4) is 0 Å². The Balaban J connectivity index is 1.58. The van der Waals surface area contributed by atoms with E-state index in [2.05, 4.69) is 36.1 Å². The van der Waals surface area contributed by atoms with Gasteiger partial charge in [-0.1, -0.05) is 11.4 Å². The van der Waals surface area contributed by atoms with Crippen LogP contribution in [0.4, 0.5) is 14.9 Å². The van der Waals surface area contributed by atoms with Crippen molar-refractivity contribution in [3.63, 3.8) is 0 Å². The molecular formula is C12H17N7OS2. The lowest BCUT2D eigenvalue weighted by atomic mass is 10.4. The summed E-state index contributed by atoms with van der Waals surface area (Å²) < 4.78 is 8.07. The van der Waals surface area contributed by atoms with Crippen LogP contribution >= 0.6 is 23.1 Å². The zero-order valence-corrected chi connectivity index (χ0v) is 13.9. The van der Waals surface area contributed by atoms with Crippen LogP contribution in [0.15, 0.2) is 6.20 Å². The minimum Gasteiger partial charge on any atom is -0.345 e. The van der Waals surface area contributed by atoms with E-state index < -0.39 is 0 Å². The molecule has 1 N–H and O–H groups in total. The lowest BCUT2D eigenvalue weighted by Crippen LogP contribution is -2.37. The van der Waals surface area contributed by atoms with Gasteiger partial charge in [0.1, 0.15) is 10.8 Å². The fourth-order valence-electron chi connectivity index (χ4n) is 2.24. The monoisotopic (exact) mass is 339 g/mol. The maximum Gasteiger partial charge on any atom is 0.322 e. The van der Waals surface area contributed by atoms with Gasteiger partial charge in [-0.25, -0.2) is 9.78 Å². The minimum absolute atomic E-state index is 0.0978. The largest absolute Gasteiger partial charge is 0.345 e. The van der Waals surface area contributed by atoms with Crippen molar-refractivity contribution in [2.75, 3.05) is 36.4 Å². The van der Waals surface area contributed by atoms with Crippen molar-refractivity contribution in [3.05, 3.63) is 12.0 Å². The Labute approximate surface area is 136 Å². The highest BCUT2D eigenvalue weighted by Crippen LogP contribution is 2.20. The van der Waals surface area contributed by atoms with E-state index in [9.17, 15) is 4.79 Å². The molecule has 10 heteroatoms. The fourth-order valence-corrected chi connectivity index (χ4v) is 3.45. The Morgan fingerprint density at radius 3 is 2.95 bits per heavy atom. The molecule has 0 aliphatic carbocycles. The molecule has 22 heavy (non-hydrogen) atoms. The van der Waals surface area contributed by atoms with Crippen molar-refractivity contribution < 1.29 is 4.79 Å². The fraction of sp³-hybridized carbons (Fsp3) is 0.583. The number of amides is 2. The molecule has 1 aliphatic rings. The summed E-state index contributed by atoms with van der Waals surface area (Å²) in [6.07, 6.45) is 3.32. The van der Waals surface area contributed by atoms with Gasteiger partial charge in [-0.2, -0.15) is 4.37 Å². The molecule has 1 fully saturated rings. The zero-order valence-electron chi connectivity index (χ0n) is 12.2. The van der Waals surface area contributed by atoms with Gasteiger partial charge in [0.25, 0.3) is 0 Å². The number of aromatic nitrogens is 4. The van der Waals surface area contributed by atoms with E-state index in [0.29, 0.717) is 11.5 Å². The molecule has 1 saturated heterocycles. The maximum absolute atomic E-state index is 12.2. The van der Waals surface area contributed by atoms with Crippen molar-refractivity contribution in [2.45, 2.75) is 19.8 Å². The van der Waals surface area contributed by atoms with Crippen LogP contribution in [-0.2, 0) is 6.42 Å². The van der Waals surface area contributed by atoms with Crippen molar-refractivity contribution >= 4 is 39.2 Å². The summed E-state index contributed by atoms with van der Waals surface area (Å²) in [4.78, 5) is 20.8. The number of nitrogens with zero attached hydrogens (tertiary/aromatic N) is 6. The highest BCUT2D eigenvalue weighted by Gasteiger charge is 2.21. The Bertz CT molecular complexity index is 615. The minimum atomic E-state index is -0.0978. The molecule has 1 aliphatic heterocycles. The number of carbonyl (C=O) groups is 1. The molecule has 0 spiro atoms. The van der Waals surface area contributed by atoms with Crippen LogP contribution in [0.25, 0.3) is 0 Å². The Morgan fingerprint density at radius 1 is 1.32 bits per heavy atom. The summed E-state index contributed by atoms with van der Waals surface area (Å²) in [5.74, 6) is 0.886. The number of hydrogen-bond donors (Lipinski definition) is 1. The standard InChI is InChI=1S/C12H17N7OS2/c1-2-9-14-12(22-16-9)19-5-3-4-18(6-7-19)11(20)15-10-8-13-17-21-10/h8H,2-7H2,1H3,(H,15,20). The first-order valence-corrected chi connectivity index (χ1v) is 8.71. The predicted octanol–water partition coefficient (Wildman–Crippen LogP) is 1.70. The molecule has 8 nitrogen and oxygen atoms in total. The SMILES string of the molecule is CCc1nsc(N2CCCN(C(=O)Nc3cnns3)CC2)n1. The summed E-state index contributed by atoms with van der Waals surface area (Å²) in [5, 5.41) is 8.16. The van der Waals surface area contributed by atoms with Crippen LogP contribution in [0, 0.1) is 0 Å². The zero-order chi connectivity index (χ0) is 15.4. The summed E-state index contributed by atoms with van der Waals surface area (Å²) >= 11 is 2.61. The van der Waals surface area contributed by atoms with E-state index in [0.717, 1.165) is 43.4 Å². The summed E-state index contributed by atoms with van der Waals surface area (Å²) in [7, 11) is 0. The number of urea groups is 1. The van der Waals surface area contributed by atoms with Crippen LogP contribution in [-0.4, -0.2) is 56.1 Å². The van der Waals surface area contributed by atoms with Crippen molar-refractivity contribution in [1.29, 1.82) is 0 Å².